The normalized spacial score (nSPS) is 21.5. The monoisotopic (exact) mass is 1700 g/mol. The van der Waals surface area contributed by atoms with Crippen molar-refractivity contribution in [3.8, 4) is 6.07 Å². The van der Waals surface area contributed by atoms with Crippen molar-refractivity contribution in [2.24, 2.45) is 5.92 Å². The average molecular weight is 1700 g/mol. The smallest absolute Gasteiger partial charge is 0.456 e. The van der Waals surface area contributed by atoms with E-state index < -0.39 is 119 Å². The molecule has 28 nitrogen and oxygen atoms in total. The van der Waals surface area contributed by atoms with Gasteiger partial charge in [-0.05, 0) is 91.6 Å². The van der Waals surface area contributed by atoms with Crippen LogP contribution < -0.4 is 11.5 Å². The lowest BCUT2D eigenvalue weighted by Crippen LogP contribution is -2.43. The zero-order valence-corrected chi connectivity index (χ0v) is 71.4. The number of phosphoric ester groups is 2. The van der Waals surface area contributed by atoms with Crippen molar-refractivity contribution in [3.05, 3.63) is 119 Å². The fourth-order valence-electron chi connectivity index (χ4n) is 15.1. The predicted octanol–water partition coefficient (Wildman–Crippen LogP) is 16.7. The molecule has 6 aromatic rings. The number of halogens is 3. The molecule has 0 saturated carbocycles. The number of unbranched alkanes of at least 4 members (excludes halogenated alkanes) is 26. The zero-order valence-electron chi connectivity index (χ0n) is 69.6. The van der Waals surface area contributed by atoms with E-state index in [-0.39, 0.29) is 50.4 Å². The van der Waals surface area contributed by atoms with Crippen molar-refractivity contribution >= 4 is 44.3 Å². The molecular weight excluding hydrogens is 1570 g/mol. The van der Waals surface area contributed by atoms with Crippen molar-refractivity contribution in [3.63, 3.8) is 0 Å². The van der Waals surface area contributed by atoms with E-state index in [1.54, 1.807) is 32.0 Å². The van der Waals surface area contributed by atoms with Gasteiger partial charge in [-0.2, -0.15) is 28.6 Å². The number of nitrogen functional groups attached to an aromatic ring is 2. The Morgan fingerprint density at radius 1 is 0.559 bits per heavy atom. The fraction of sp³-hybridized carbons (Fsp3) is 0.694. The molecule has 8 rings (SSSR count). The van der Waals surface area contributed by atoms with Gasteiger partial charge >= 0.3 is 27.8 Å². The number of nitrogens with two attached hydrogens (primary N) is 2. The first-order valence-corrected chi connectivity index (χ1v) is 45.8. The zero-order chi connectivity index (χ0) is 85.0. The van der Waals surface area contributed by atoms with Crippen molar-refractivity contribution in [1.29, 1.82) is 5.26 Å². The molecule has 660 valence electrons. The van der Waals surface area contributed by atoms with Crippen LogP contribution in [0.15, 0.2) is 85.5 Å². The third kappa shape index (κ3) is 30.4. The number of fused-ring (bicyclic) bond motifs is 2. The molecule has 6 heterocycles. The van der Waals surface area contributed by atoms with Crippen LogP contribution in [-0.4, -0.2) is 162 Å². The maximum Gasteiger partial charge on any atom is 0.472 e. The number of phosphoric acid groups is 2. The van der Waals surface area contributed by atoms with Crippen molar-refractivity contribution < 1.29 is 103 Å². The highest BCUT2D eigenvalue weighted by atomic mass is 31.2. The van der Waals surface area contributed by atoms with Crippen LogP contribution in [0, 0.1) is 17.2 Å². The summed E-state index contributed by atoms with van der Waals surface area (Å²) in [5, 5.41) is 52.9. The molecule has 2 saturated heterocycles. The molecule has 0 amide bonds. The Kier molecular flexibility index (Phi) is 41.1. The van der Waals surface area contributed by atoms with Gasteiger partial charge in [-0.3, -0.25) is 22.9 Å². The van der Waals surface area contributed by atoms with E-state index in [0.717, 1.165) is 108 Å². The third-order valence-electron chi connectivity index (χ3n) is 22.2. The van der Waals surface area contributed by atoms with Gasteiger partial charge in [0.05, 0.1) is 75.7 Å². The highest BCUT2D eigenvalue weighted by Crippen LogP contribution is 2.49. The minimum atomic E-state index is -4.91. The molecule has 2 aromatic carbocycles. The van der Waals surface area contributed by atoms with Crippen LogP contribution >= 0.6 is 15.6 Å². The minimum Gasteiger partial charge on any atom is -0.456 e. The first kappa shape index (κ1) is 97.3. The minimum absolute atomic E-state index is 0.0557. The third-order valence-corrected chi connectivity index (χ3v) is 24.1. The molecule has 0 spiro atoms. The first-order chi connectivity index (χ1) is 56.7. The maximum atomic E-state index is 13.8. The van der Waals surface area contributed by atoms with Crippen LogP contribution in [0.5, 0.6) is 0 Å². The number of benzene rings is 2. The molecule has 9 N–H and O–H groups in total. The quantitative estimate of drug-likeness (QED) is 0.0106. The molecule has 2 fully saturated rings. The van der Waals surface area contributed by atoms with Crippen molar-refractivity contribution in [2.75, 3.05) is 64.3 Å². The Labute approximate surface area is 693 Å². The van der Waals surface area contributed by atoms with Crippen LogP contribution in [-0.2, 0) is 95.8 Å². The summed E-state index contributed by atoms with van der Waals surface area (Å²) < 4.78 is 134. The molecule has 0 aliphatic carbocycles. The predicted molar refractivity (Wildman–Crippen MR) is 439 cm³/mol. The summed E-state index contributed by atoms with van der Waals surface area (Å²) in [5.74, 6) is -0.664. The van der Waals surface area contributed by atoms with Gasteiger partial charge in [0.25, 0.3) is 0 Å². The second kappa shape index (κ2) is 49.9. The Morgan fingerprint density at radius 3 is 1.44 bits per heavy atom. The SMILES string of the molecule is CCCCCCCCCCCCCCCCCCOC[C@H](COP(=O)(O)OC[C@H]1O[C@@](C#N)(c2ccc3c(N)ncnn23)[C@H](O)[C@@H]1OC(=O)C(C)C)OCc1ccc(C(CCC)CCCCCCCCCCCCCCOC[C@H](COP(=O)(O)OC[C@H]2O[C@@](C)(c3ccc4c(N)ncnn34)[C@H](O)[C@@H]2O)OCc2ccc(C(F)(F)F)cc2)cc1. The molecule has 33 heteroatoms. The average Bonchev–Trinajstić information content (AvgIpc) is 1.59. The van der Waals surface area contributed by atoms with Gasteiger partial charge in [-0.25, -0.2) is 28.1 Å². The van der Waals surface area contributed by atoms with Crippen LogP contribution in [0.2, 0.25) is 0 Å². The van der Waals surface area contributed by atoms with Crippen LogP contribution in [0.4, 0.5) is 24.8 Å². The number of nitrogens with zero attached hydrogens (tertiary/aromatic N) is 7. The molecule has 118 heavy (non-hydrogen) atoms. The van der Waals surface area contributed by atoms with Gasteiger partial charge in [-0.1, -0.05) is 237 Å². The summed E-state index contributed by atoms with van der Waals surface area (Å²) in [7, 11) is -9.76. The second-order valence-electron chi connectivity index (χ2n) is 31.9. The number of carbonyl (C=O) groups is 1. The highest BCUT2D eigenvalue weighted by Gasteiger charge is 2.60. The van der Waals surface area contributed by atoms with E-state index in [4.69, 9.17) is 62.7 Å². The van der Waals surface area contributed by atoms with Gasteiger partial charge in [0.1, 0.15) is 78.1 Å². The fourth-order valence-corrected chi connectivity index (χ4v) is 16.7. The molecule has 0 radical (unpaired) electrons. The highest BCUT2D eigenvalue weighted by molar-refractivity contribution is 7.47. The number of esters is 1. The Bertz CT molecular complexity index is 4030. The van der Waals surface area contributed by atoms with Gasteiger partial charge in [0.15, 0.2) is 17.7 Å². The Balaban J connectivity index is 0.721. The molecule has 13 atom stereocenters. The Morgan fingerprint density at radius 2 is 0.992 bits per heavy atom. The molecule has 4 aromatic heterocycles. The van der Waals surface area contributed by atoms with Crippen LogP contribution in [0.3, 0.4) is 0 Å². The lowest BCUT2D eigenvalue weighted by molar-refractivity contribution is -0.160. The van der Waals surface area contributed by atoms with E-state index in [2.05, 4.69) is 58.3 Å². The van der Waals surface area contributed by atoms with E-state index in [0.29, 0.717) is 41.4 Å². The van der Waals surface area contributed by atoms with Gasteiger partial charge in [-0.15, -0.1) is 0 Å². The number of alkyl halides is 3. The first-order valence-electron chi connectivity index (χ1n) is 42.8. The number of ether oxygens (including phenoxy) is 7. The van der Waals surface area contributed by atoms with Crippen LogP contribution in [0.25, 0.3) is 11.0 Å². The number of aliphatic hydroxyl groups excluding tert-OH is 3. The largest absolute Gasteiger partial charge is 0.472 e. The topological polar surface area (TPSA) is 390 Å². The standard InChI is InChI=1S/C85H130F3N9O19P2/c1-6-8-9-10-11-12-13-14-15-16-18-21-24-27-30-33-49-106-53-68(56-111-118(104,105)113-58-73-77(114-82(101)62(3)4)79(100)84(59-89,116-73)75-48-46-71-81(91)93-61-95-97(71)75)108-51-63-37-41-66(42-38-63)65(35-7-2)36-32-29-26-23-20-17-19-22-25-28-31-34-50-107-54-69(109-52-64-39-43-67(44-40-64)85(86,87)88)55-110-117(102,103)112-57-72-76(98)78(99)83(5,115-72)74-47-45-70-80(90)92-60-94-96(70)74/h37-48,60-62,65,68-69,72-73,76-79,98-100H,6-36,49-58H2,1-5H3,(H,102,103)(H,104,105)(H2,90,92,94)(H2,91,93,95)/t65?,68-,69-,72-,73-,76-,77-,78-,79-,83+,84+/m1/s1. The van der Waals surface area contributed by atoms with Gasteiger partial charge in [0.2, 0.25) is 5.60 Å². The number of anilines is 2. The van der Waals surface area contributed by atoms with Crippen molar-refractivity contribution in [2.45, 2.75) is 319 Å². The summed E-state index contributed by atoms with van der Waals surface area (Å²) >= 11 is 0. The number of aliphatic hydroxyl groups is 3. The summed E-state index contributed by atoms with van der Waals surface area (Å²) in [5.41, 5.74) is 11.3. The lowest BCUT2D eigenvalue weighted by Gasteiger charge is -2.27. The number of rotatable bonds is 61. The Hall–Kier alpha value is -6.11. The lowest BCUT2D eigenvalue weighted by atomic mass is 9.89. The molecule has 2 aliphatic heterocycles. The maximum absolute atomic E-state index is 13.8. The number of nitriles is 1. The number of hydrogen-bond donors (Lipinski definition) is 7. The number of hydrogen-bond acceptors (Lipinski definition) is 24. The van der Waals surface area contributed by atoms with E-state index in [1.165, 1.54) is 162 Å². The number of carbonyl (C=O) groups excluding carboxylic acids is 1. The van der Waals surface area contributed by atoms with Gasteiger partial charge < -0.3 is 69.7 Å². The van der Waals surface area contributed by atoms with Gasteiger partial charge in [0, 0.05) is 13.2 Å². The molecule has 2 aliphatic rings. The molecule has 0 bridgehead atoms. The summed E-state index contributed by atoms with van der Waals surface area (Å²) in [6, 6.07) is 21.2. The second-order valence-corrected chi connectivity index (χ2v) is 34.8. The summed E-state index contributed by atoms with van der Waals surface area (Å²) in [4.78, 5) is 42.9. The van der Waals surface area contributed by atoms with E-state index in [1.807, 2.05) is 6.07 Å². The summed E-state index contributed by atoms with van der Waals surface area (Å²) in [6.07, 6.45) is 23.3. The summed E-state index contributed by atoms with van der Waals surface area (Å²) in [6.45, 7) is 7.81. The molecule has 3 unspecified atom stereocenters. The van der Waals surface area contributed by atoms with Crippen molar-refractivity contribution in [1.82, 2.24) is 29.2 Å². The van der Waals surface area contributed by atoms with E-state index in [9.17, 15) is 57.5 Å². The van der Waals surface area contributed by atoms with Crippen LogP contribution in [0.1, 0.15) is 273 Å². The van der Waals surface area contributed by atoms with E-state index >= 15 is 0 Å². The number of aromatic nitrogens is 6. The molecular formula is C85H130F3N9O19P2.